The van der Waals surface area contributed by atoms with E-state index in [1.807, 2.05) is 0 Å². The van der Waals surface area contributed by atoms with Crippen molar-refractivity contribution in [3.8, 4) is 0 Å². The van der Waals surface area contributed by atoms with E-state index in [1.165, 1.54) is 12.1 Å². The molecule has 1 saturated heterocycles. The van der Waals surface area contributed by atoms with Crippen LogP contribution in [0, 0.1) is 5.82 Å². The molecule has 2 heterocycles. The summed E-state index contributed by atoms with van der Waals surface area (Å²) >= 11 is 0. The van der Waals surface area contributed by atoms with Crippen LogP contribution in [0.5, 0.6) is 0 Å². The fraction of sp³-hybridized carbons (Fsp3) is 0.421. The van der Waals surface area contributed by atoms with Gasteiger partial charge in [0.25, 0.3) is 5.91 Å². The number of hydrogen-bond donors (Lipinski definition) is 1. The number of ether oxygens (including phenoxy) is 1. The van der Waals surface area contributed by atoms with Gasteiger partial charge in [-0.1, -0.05) is 0 Å². The summed E-state index contributed by atoms with van der Waals surface area (Å²) in [5, 5.41) is 3.10. The highest BCUT2D eigenvalue weighted by molar-refractivity contribution is 5.92. The standard InChI is InChI=1S/C19H24FN5O2/c1-27-14-2-8-21-19-22-9-7-17(23-19)18(26)25-12-10-24(11-13-25)16-5-3-15(20)4-6-16/h3-7,9H,2,8,10-14H2,1H3,(H,21,22,23). The van der Waals surface area contributed by atoms with Gasteiger partial charge in [-0.25, -0.2) is 14.4 Å². The zero-order valence-electron chi connectivity index (χ0n) is 15.4. The third-order valence-corrected chi connectivity index (χ3v) is 4.44. The predicted octanol–water partition coefficient (Wildman–Crippen LogP) is 2.03. The average molecular weight is 373 g/mol. The molecule has 7 nitrogen and oxygen atoms in total. The molecule has 2 aromatic rings. The topological polar surface area (TPSA) is 70.6 Å². The maximum absolute atomic E-state index is 13.1. The van der Waals surface area contributed by atoms with E-state index in [0.717, 1.165) is 12.1 Å². The minimum absolute atomic E-state index is 0.101. The zero-order chi connectivity index (χ0) is 19.1. The average Bonchev–Trinajstić information content (AvgIpc) is 2.72. The van der Waals surface area contributed by atoms with Crippen LogP contribution >= 0.6 is 0 Å². The molecule has 8 heteroatoms. The van der Waals surface area contributed by atoms with E-state index in [0.29, 0.717) is 51.0 Å². The molecule has 1 aromatic carbocycles. The van der Waals surface area contributed by atoms with E-state index in [2.05, 4.69) is 20.2 Å². The van der Waals surface area contributed by atoms with Crippen LogP contribution in [0.1, 0.15) is 16.9 Å². The largest absolute Gasteiger partial charge is 0.385 e. The number of carbonyl (C=O) groups is 1. The van der Waals surface area contributed by atoms with Crippen molar-refractivity contribution in [1.29, 1.82) is 0 Å². The van der Waals surface area contributed by atoms with Gasteiger partial charge in [0.2, 0.25) is 5.95 Å². The Labute approximate surface area is 158 Å². The molecule has 0 unspecified atom stereocenters. The molecule has 144 valence electrons. The van der Waals surface area contributed by atoms with Crippen LogP contribution in [0.15, 0.2) is 36.5 Å². The fourth-order valence-electron chi connectivity index (χ4n) is 2.96. The molecule has 0 aliphatic carbocycles. The molecular formula is C19H24FN5O2. The van der Waals surface area contributed by atoms with Crippen LogP contribution in [0.3, 0.4) is 0 Å². The van der Waals surface area contributed by atoms with Crippen molar-refractivity contribution in [2.75, 3.05) is 56.7 Å². The van der Waals surface area contributed by atoms with Crippen LogP contribution in [-0.4, -0.2) is 67.2 Å². The minimum Gasteiger partial charge on any atom is -0.385 e. The predicted molar refractivity (Wildman–Crippen MR) is 102 cm³/mol. The van der Waals surface area contributed by atoms with Gasteiger partial charge in [0.1, 0.15) is 11.5 Å². The first-order valence-electron chi connectivity index (χ1n) is 9.03. The van der Waals surface area contributed by atoms with Crippen LogP contribution in [0.25, 0.3) is 0 Å². The molecule has 1 N–H and O–H groups in total. The van der Waals surface area contributed by atoms with Crippen molar-refractivity contribution >= 4 is 17.5 Å². The summed E-state index contributed by atoms with van der Waals surface area (Å²) in [6, 6.07) is 8.07. The minimum atomic E-state index is -0.247. The molecule has 0 atom stereocenters. The molecule has 1 fully saturated rings. The van der Waals surface area contributed by atoms with Gasteiger partial charge in [-0.2, -0.15) is 0 Å². The Morgan fingerprint density at radius 1 is 1.19 bits per heavy atom. The number of benzene rings is 1. The molecule has 1 aliphatic rings. The maximum Gasteiger partial charge on any atom is 0.272 e. The van der Waals surface area contributed by atoms with Crippen molar-refractivity contribution in [2.45, 2.75) is 6.42 Å². The number of aromatic nitrogens is 2. The number of nitrogens with zero attached hydrogens (tertiary/aromatic N) is 4. The van der Waals surface area contributed by atoms with E-state index in [1.54, 1.807) is 36.4 Å². The summed E-state index contributed by atoms with van der Waals surface area (Å²) in [6.07, 6.45) is 2.43. The quantitative estimate of drug-likeness (QED) is 0.749. The number of nitrogens with one attached hydrogen (secondary N) is 1. The lowest BCUT2D eigenvalue weighted by Gasteiger charge is -2.36. The zero-order valence-corrected chi connectivity index (χ0v) is 15.4. The second-order valence-corrected chi connectivity index (χ2v) is 6.29. The van der Waals surface area contributed by atoms with Gasteiger partial charge < -0.3 is 19.9 Å². The Balaban J connectivity index is 1.55. The number of carbonyl (C=O) groups excluding carboxylic acids is 1. The van der Waals surface area contributed by atoms with Gasteiger partial charge in [0, 0.05) is 58.3 Å². The third-order valence-electron chi connectivity index (χ3n) is 4.44. The van der Waals surface area contributed by atoms with Crippen molar-refractivity contribution in [3.63, 3.8) is 0 Å². The molecular weight excluding hydrogens is 349 g/mol. The summed E-state index contributed by atoms with van der Waals surface area (Å²) in [5.74, 6) is 0.0981. The summed E-state index contributed by atoms with van der Waals surface area (Å²) in [5.41, 5.74) is 1.35. The van der Waals surface area contributed by atoms with Gasteiger partial charge in [0.05, 0.1) is 0 Å². The Morgan fingerprint density at radius 3 is 2.63 bits per heavy atom. The first-order chi connectivity index (χ1) is 13.2. The molecule has 0 spiro atoms. The van der Waals surface area contributed by atoms with E-state index in [-0.39, 0.29) is 11.7 Å². The van der Waals surface area contributed by atoms with E-state index in [9.17, 15) is 9.18 Å². The third kappa shape index (κ3) is 5.13. The number of rotatable bonds is 7. The Bertz CT molecular complexity index is 748. The molecule has 3 rings (SSSR count). The highest BCUT2D eigenvalue weighted by atomic mass is 19.1. The number of methoxy groups -OCH3 is 1. The normalized spacial score (nSPS) is 14.3. The highest BCUT2D eigenvalue weighted by Gasteiger charge is 2.23. The number of hydrogen-bond acceptors (Lipinski definition) is 6. The molecule has 1 amide bonds. The smallest absolute Gasteiger partial charge is 0.272 e. The summed E-state index contributed by atoms with van der Waals surface area (Å²) in [7, 11) is 1.66. The van der Waals surface area contributed by atoms with Crippen molar-refractivity contribution in [1.82, 2.24) is 14.9 Å². The molecule has 0 saturated carbocycles. The summed E-state index contributed by atoms with van der Waals surface area (Å²) < 4.78 is 18.1. The lowest BCUT2D eigenvalue weighted by molar-refractivity contribution is 0.0741. The maximum atomic E-state index is 13.1. The van der Waals surface area contributed by atoms with Crippen LogP contribution in [0.2, 0.25) is 0 Å². The second kappa shape index (κ2) is 9.27. The van der Waals surface area contributed by atoms with Gasteiger partial charge >= 0.3 is 0 Å². The summed E-state index contributed by atoms with van der Waals surface area (Å²) in [4.78, 5) is 25.1. The Morgan fingerprint density at radius 2 is 1.93 bits per heavy atom. The molecule has 27 heavy (non-hydrogen) atoms. The van der Waals surface area contributed by atoms with E-state index < -0.39 is 0 Å². The first-order valence-corrected chi connectivity index (χ1v) is 9.03. The van der Waals surface area contributed by atoms with Crippen LogP contribution in [0.4, 0.5) is 16.0 Å². The van der Waals surface area contributed by atoms with Crippen LogP contribution in [-0.2, 0) is 4.74 Å². The summed E-state index contributed by atoms with van der Waals surface area (Å²) in [6.45, 7) is 3.93. The second-order valence-electron chi connectivity index (χ2n) is 6.29. The SMILES string of the molecule is COCCCNc1nccc(C(=O)N2CCN(c3ccc(F)cc3)CC2)n1. The first kappa shape index (κ1) is 19.0. The van der Waals surface area contributed by atoms with Crippen molar-refractivity contribution < 1.29 is 13.9 Å². The number of anilines is 2. The fourth-order valence-corrected chi connectivity index (χ4v) is 2.96. The Hall–Kier alpha value is -2.74. The number of amides is 1. The van der Waals surface area contributed by atoms with Crippen LogP contribution < -0.4 is 10.2 Å². The van der Waals surface area contributed by atoms with Crippen molar-refractivity contribution in [3.05, 3.63) is 48.0 Å². The molecule has 1 aliphatic heterocycles. The molecule has 0 radical (unpaired) electrons. The van der Waals surface area contributed by atoms with Crippen molar-refractivity contribution in [2.24, 2.45) is 0 Å². The molecule has 0 bridgehead atoms. The van der Waals surface area contributed by atoms with E-state index >= 15 is 0 Å². The number of halogens is 1. The monoisotopic (exact) mass is 373 g/mol. The molecule has 1 aromatic heterocycles. The van der Waals surface area contributed by atoms with Gasteiger partial charge in [-0.3, -0.25) is 4.79 Å². The van der Waals surface area contributed by atoms with E-state index in [4.69, 9.17) is 4.74 Å². The lowest BCUT2D eigenvalue weighted by Crippen LogP contribution is -2.49. The number of piperazine rings is 1. The lowest BCUT2D eigenvalue weighted by atomic mass is 10.2. The van der Waals surface area contributed by atoms with Gasteiger partial charge in [-0.05, 0) is 36.8 Å². The van der Waals surface area contributed by atoms with Gasteiger partial charge in [-0.15, -0.1) is 0 Å². The van der Waals surface area contributed by atoms with Gasteiger partial charge in [0.15, 0.2) is 0 Å². The highest BCUT2D eigenvalue weighted by Crippen LogP contribution is 2.17. The Kier molecular flexibility index (Phi) is 6.54.